The molecule has 20 heavy (non-hydrogen) atoms. The van der Waals surface area contributed by atoms with E-state index in [9.17, 15) is 0 Å². The molecule has 2 N–H and O–H groups in total. The van der Waals surface area contributed by atoms with Gasteiger partial charge >= 0.3 is 0 Å². The van der Waals surface area contributed by atoms with Crippen LogP contribution in [0.5, 0.6) is 0 Å². The maximum atomic E-state index is 5.90. The molecule has 3 rings (SSSR count). The summed E-state index contributed by atoms with van der Waals surface area (Å²) in [7, 11) is 2.04. The normalized spacial score (nSPS) is 10.9. The number of nitrogens with zero attached hydrogens (tertiary/aromatic N) is 2. The second-order valence-electron chi connectivity index (χ2n) is 4.99. The van der Waals surface area contributed by atoms with Gasteiger partial charge < -0.3 is 15.1 Å². The van der Waals surface area contributed by atoms with Crippen LogP contribution in [0.1, 0.15) is 11.5 Å². The van der Waals surface area contributed by atoms with Crippen molar-refractivity contribution in [2.75, 3.05) is 17.7 Å². The smallest absolute Gasteiger partial charge is 0.123 e. The van der Waals surface area contributed by atoms with E-state index in [1.165, 1.54) is 0 Å². The van der Waals surface area contributed by atoms with Crippen LogP contribution in [-0.2, 0) is 6.54 Å². The Kier molecular flexibility index (Phi) is 3.06. The summed E-state index contributed by atoms with van der Waals surface area (Å²) in [5.74, 6) is 0.930. The zero-order chi connectivity index (χ0) is 14.1. The topological polar surface area (TPSA) is 55.3 Å². The number of benzene rings is 1. The number of anilines is 2. The largest absolute Gasteiger partial charge is 0.467 e. The lowest BCUT2D eigenvalue weighted by molar-refractivity contribution is 0.508. The van der Waals surface area contributed by atoms with Crippen LogP contribution in [0.3, 0.4) is 0 Å². The number of rotatable bonds is 3. The standard InChI is InChI=1S/C16H17N3O/c1-11-8-16(19(2)10-13-4-3-7-20-13)14-9-12(17)5-6-15(14)18-11/h3-9H,10,17H2,1-2H3. The van der Waals surface area contributed by atoms with Gasteiger partial charge in [-0.15, -0.1) is 0 Å². The van der Waals surface area contributed by atoms with Crippen molar-refractivity contribution in [3.8, 4) is 0 Å². The molecule has 0 saturated heterocycles. The van der Waals surface area contributed by atoms with Gasteiger partial charge in [0.15, 0.2) is 0 Å². The summed E-state index contributed by atoms with van der Waals surface area (Å²) in [6, 6.07) is 11.8. The minimum Gasteiger partial charge on any atom is -0.467 e. The molecule has 0 aliphatic rings. The van der Waals surface area contributed by atoms with Crippen molar-refractivity contribution < 1.29 is 4.42 Å². The van der Waals surface area contributed by atoms with E-state index in [-0.39, 0.29) is 0 Å². The van der Waals surface area contributed by atoms with Crippen molar-refractivity contribution in [2.45, 2.75) is 13.5 Å². The summed E-state index contributed by atoms with van der Waals surface area (Å²) in [6.07, 6.45) is 1.69. The number of hydrogen-bond donors (Lipinski definition) is 1. The van der Waals surface area contributed by atoms with Crippen LogP contribution < -0.4 is 10.6 Å². The lowest BCUT2D eigenvalue weighted by atomic mass is 10.1. The molecular weight excluding hydrogens is 250 g/mol. The van der Waals surface area contributed by atoms with Crippen LogP contribution in [0.25, 0.3) is 10.9 Å². The highest BCUT2D eigenvalue weighted by molar-refractivity contribution is 5.93. The first-order valence-corrected chi connectivity index (χ1v) is 6.54. The van der Waals surface area contributed by atoms with Crippen LogP contribution in [0.2, 0.25) is 0 Å². The Morgan fingerprint density at radius 1 is 1.25 bits per heavy atom. The van der Waals surface area contributed by atoms with Crippen LogP contribution in [0, 0.1) is 6.92 Å². The Hall–Kier alpha value is -2.49. The third-order valence-corrected chi connectivity index (χ3v) is 3.32. The van der Waals surface area contributed by atoms with Crippen molar-refractivity contribution in [2.24, 2.45) is 0 Å². The van der Waals surface area contributed by atoms with E-state index in [2.05, 4.69) is 16.0 Å². The lowest BCUT2D eigenvalue weighted by Gasteiger charge is -2.20. The predicted molar refractivity (Wildman–Crippen MR) is 81.7 cm³/mol. The lowest BCUT2D eigenvalue weighted by Crippen LogP contribution is -2.16. The Labute approximate surface area is 117 Å². The summed E-state index contributed by atoms with van der Waals surface area (Å²) < 4.78 is 5.41. The molecule has 0 aliphatic heterocycles. The number of fused-ring (bicyclic) bond motifs is 1. The molecule has 0 unspecified atom stereocenters. The molecule has 102 valence electrons. The number of nitrogen functional groups attached to an aromatic ring is 1. The molecule has 0 aliphatic carbocycles. The number of pyridine rings is 1. The van der Waals surface area contributed by atoms with Gasteiger partial charge in [0.2, 0.25) is 0 Å². The van der Waals surface area contributed by atoms with Crippen LogP contribution >= 0.6 is 0 Å². The van der Waals surface area contributed by atoms with Gasteiger partial charge in [0, 0.05) is 29.5 Å². The van der Waals surface area contributed by atoms with Crippen molar-refractivity contribution in [3.63, 3.8) is 0 Å². The maximum Gasteiger partial charge on any atom is 0.123 e. The van der Waals surface area contributed by atoms with Crippen LogP contribution in [0.4, 0.5) is 11.4 Å². The molecular formula is C16H17N3O. The van der Waals surface area contributed by atoms with Gasteiger partial charge in [0.25, 0.3) is 0 Å². The van der Waals surface area contributed by atoms with Crippen LogP contribution in [0.15, 0.2) is 47.1 Å². The zero-order valence-electron chi connectivity index (χ0n) is 11.6. The summed E-state index contributed by atoms with van der Waals surface area (Å²) in [5.41, 5.74) is 9.70. The van der Waals surface area contributed by atoms with Gasteiger partial charge in [-0.25, -0.2) is 0 Å². The van der Waals surface area contributed by atoms with Crippen molar-refractivity contribution in [3.05, 3.63) is 54.1 Å². The molecule has 2 aromatic heterocycles. The second kappa shape index (κ2) is 4.89. The summed E-state index contributed by atoms with van der Waals surface area (Å²) in [4.78, 5) is 6.70. The Balaban J connectivity index is 2.07. The van der Waals surface area contributed by atoms with Gasteiger partial charge in [-0.2, -0.15) is 0 Å². The first kappa shape index (κ1) is 12.5. The van der Waals surface area contributed by atoms with E-state index in [0.717, 1.165) is 33.7 Å². The van der Waals surface area contributed by atoms with Crippen LogP contribution in [-0.4, -0.2) is 12.0 Å². The number of hydrogen-bond acceptors (Lipinski definition) is 4. The average Bonchev–Trinajstić information content (AvgIpc) is 2.91. The molecule has 0 saturated carbocycles. The predicted octanol–water partition coefficient (Wildman–Crippen LogP) is 3.35. The van der Waals surface area contributed by atoms with Gasteiger partial charge in [0.05, 0.1) is 18.3 Å². The molecule has 0 amide bonds. The molecule has 4 nitrogen and oxygen atoms in total. The van der Waals surface area contributed by atoms with E-state index >= 15 is 0 Å². The molecule has 4 heteroatoms. The molecule has 3 aromatic rings. The minimum atomic E-state index is 0.709. The van der Waals surface area contributed by atoms with Gasteiger partial charge in [0.1, 0.15) is 5.76 Å². The highest BCUT2D eigenvalue weighted by Gasteiger charge is 2.10. The fraction of sp³-hybridized carbons (Fsp3) is 0.188. The number of nitrogens with two attached hydrogens (primary N) is 1. The number of aromatic nitrogens is 1. The monoisotopic (exact) mass is 267 g/mol. The van der Waals surface area contributed by atoms with E-state index in [4.69, 9.17) is 10.2 Å². The molecule has 0 radical (unpaired) electrons. The Morgan fingerprint density at radius 3 is 2.85 bits per heavy atom. The first-order chi connectivity index (χ1) is 9.63. The number of aryl methyl sites for hydroxylation is 1. The highest BCUT2D eigenvalue weighted by Crippen LogP contribution is 2.28. The van der Waals surface area contributed by atoms with E-state index < -0.39 is 0 Å². The quantitative estimate of drug-likeness (QED) is 0.739. The Morgan fingerprint density at radius 2 is 2.10 bits per heavy atom. The van der Waals surface area contributed by atoms with Crippen molar-refractivity contribution in [1.82, 2.24) is 4.98 Å². The first-order valence-electron chi connectivity index (χ1n) is 6.54. The average molecular weight is 267 g/mol. The second-order valence-corrected chi connectivity index (χ2v) is 4.99. The minimum absolute atomic E-state index is 0.709. The third kappa shape index (κ3) is 2.32. The zero-order valence-corrected chi connectivity index (χ0v) is 11.6. The molecule has 0 spiro atoms. The summed E-state index contributed by atoms with van der Waals surface area (Å²) >= 11 is 0. The molecule has 0 bridgehead atoms. The highest BCUT2D eigenvalue weighted by atomic mass is 16.3. The fourth-order valence-corrected chi connectivity index (χ4v) is 2.39. The molecule has 0 fully saturated rings. The summed E-state index contributed by atoms with van der Waals surface area (Å²) in [5, 5.41) is 1.06. The molecule has 0 atom stereocenters. The van der Waals surface area contributed by atoms with E-state index in [1.807, 2.05) is 44.3 Å². The number of furan rings is 1. The maximum absolute atomic E-state index is 5.90. The van der Waals surface area contributed by atoms with E-state index in [0.29, 0.717) is 6.54 Å². The van der Waals surface area contributed by atoms with Gasteiger partial charge in [-0.1, -0.05) is 0 Å². The SMILES string of the molecule is Cc1cc(N(C)Cc2ccco2)c2cc(N)ccc2n1. The Bertz CT molecular complexity index is 735. The molecule has 2 heterocycles. The van der Waals surface area contributed by atoms with Crippen molar-refractivity contribution in [1.29, 1.82) is 0 Å². The third-order valence-electron chi connectivity index (χ3n) is 3.32. The van der Waals surface area contributed by atoms with Crippen molar-refractivity contribution >= 4 is 22.3 Å². The summed E-state index contributed by atoms with van der Waals surface area (Å²) in [6.45, 7) is 2.71. The fourth-order valence-electron chi connectivity index (χ4n) is 2.39. The van der Waals surface area contributed by atoms with Gasteiger partial charge in [-0.05, 0) is 43.3 Å². The van der Waals surface area contributed by atoms with Gasteiger partial charge in [-0.3, -0.25) is 4.98 Å². The molecule has 1 aromatic carbocycles. The van der Waals surface area contributed by atoms with E-state index in [1.54, 1.807) is 6.26 Å².